The maximum absolute atomic E-state index is 5.50. The molecule has 0 aliphatic carbocycles. The van der Waals surface area contributed by atoms with Crippen LogP contribution in [0.1, 0.15) is 6.42 Å². The molecule has 0 bridgehead atoms. The van der Waals surface area contributed by atoms with Crippen molar-refractivity contribution in [2.45, 2.75) is 6.42 Å². The van der Waals surface area contributed by atoms with Crippen molar-refractivity contribution in [1.82, 2.24) is 4.90 Å². The molecule has 4 nitrogen and oxygen atoms in total. The van der Waals surface area contributed by atoms with Crippen LogP contribution in [0.5, 0.6) is 0 Å². The first kappa shape index (κ1) is 15.0. The lowest BCUT2D eigenvalue weighted by Crippen LogP contribution is -2.37. The summed E-state index contributed by atoms with van der Waals surface area (Å²) >= 11 is 5.50. The molecule has 1 aliphatic heterocycles. The third-order valence-corrected chi connectivity index (χ3v) is 2.46. The molecule has 1 fully saturated rings. The Hall–Kier alpha value is -0.0300. The molecule has 0 aromatic carbocycles. The number of hydrogen-bond donors (Lipinski definition) is 1. The Morgan fingerprint density at radius 3 is 2.67 bits per heavy atom. The minimum Gasteiger partial charge on any atom is -0.386 e. The molecule has 6 heteroatoms. The average Bonchev–Trinajstić information content (AvgIpc) is 2.25. The summed E-state index contributed by atoms with van der Waals surface area (Å²) in [5, 5.41) is 0. The minimum atomic E-state index is 0. The number of rotatable bonds is 5. The van der Waals surface area contributed by atoms with Gasteiger partial charge in [-0.3, -0.25) is 9.89 Å². The number of hydrogen-bond acceptors (Lipinski definition) is 3. The number of nitrogens with zero attached hydrogens (tertiary/aromatic N) is 2. The fourth-order valence-electron chi connectivity index (χ4n) is 1.38. The van der Waals surface area contributed by atoms with Gasteiger partial charge in [0, 0.05) is 26.2 Å². The Balaban J connectivity index is 0.00000196. The Kier molecular flexibility index (Phi) is 9.20. The van der Waals surface area contributed by atoms with Crippen LogP contribution in [0.4, 0.5) is 0 Å². The Morgan fingerprint density at radius 2 is 2.07 bits per heavy atom. The second-order valence-corrected chi connectivity index (χ2v) is 3.58. The van der Waals surface area contributed by atoms with Crippen molar-refractivity contribution in [1.29, 1.82) is 0 Å². The van der Waals surface area contributed by atoms with Crippen molar-refractivity contribution in [2.24, 2.45) is 10.7 Å². The van der Waals surface area contributed by atoms with Gasteiger partial charge in [0.05, 0.1) is 19.1 Å². The van der Waals surface area contributed by atoms with Crippen LogP contribution in [0.2, 0.25) is 0 Å². The highest BCUT2D eigenvalue weighted by Crippen LogP contribution is 1.97. The summed E-state index contributed by atoms with van der Waals surface area (Å²) in [6.07, 6.45) is 1.04. The van der Waals surface area contributed by atoms with Crippen molar-refractivity contribution in [2.75, 3.05) is 45.3 Å². The van der Waals surface area contributed by atoms with Crippen molar-refractivity contribution >= 4 is 29.8 Å². The van der Waals surface area contributed by atoms with Gasteiger partial charge in [-0.1, -0.05) is 0 Å². The van der Waals surface area contributed by atoms with Crippen molar-refractivity contribution in [3.63, 3.8) is 0 Å². The van der Waals surface area contributed by atoms with E-state index >= 15 is 0 Å². The predicted molar refractivity (Wildman–Crippen MR) is 66.3 cm³/mol. The predicted octanol–water partition coefficient (Wildman–Crippen LogP) is 0.726. The van der Waals surface area contributed by atoms with Crippen LogP contribution >= 0.6 is 24.0 Å². The lowest BCUT2D eigenvalue weighted by atomic mass is 10.3. The second-order valence-electron chi connectivity index (χ2n) is 3.31. The summed E-state index contributed by atoms with van der Waals surface area (Å²) in [7, 11) is 0. The van der Waals surface area contributed by atoms with E-state index in [1.54, 1.807) is 0 Å². The number of morpholine rings is 1. The summed E-state index contributed by atoms with van der Waals surface area (Å²) in [4.78, 5) is 6.52. The zero-order valence-electron chi connectivity index (χ0n) is 8.82. The molecule has 0 spiro atoms. The number of halogens is 2. The van der Waals surface area contributed by atoms with Crippen LogP contribution in [0, 0.1) is 0 Å². The normalized spacial score (nSPS) is 18.6. The quantitative estimate of drug-likeness (QED) is 0.341. The van der Waals surface area contributed by atoms with Crippen LogP contribution in [0.3, 0.4) is 0 Å². The Labute approximate surface area is 102 Å². The molecular weight excluding hydrogens is 237 g/mol. The van der Waals surface area contributed by atoms with E-state index in [9.17, 15) is 0 Å². The van der Waals surface area contributed by atoms with E-state index in [0.717, 1.165) is 45.8 Å². The summed E-state index contributed by atoms with van der Waals surface area (Å²) in [6.45, 7) is 5.63. The molecule has 1 heterocycles. The first-order valence-corrected chi connectivity index (χ1v) is 5.51. The average molecular weight is 256 g/mol. The molecule has 1 saturated heterocycles. The van der Waals surface area contributed by atoms with Gasteiger partial charge in [-0.2, -0.15) is 0 Å². The zero-order chi connectivity index (χ0) is 10.2. The number of nitrogens with two attached hydrogens (primary N) is 1. The van der Waals surface area contributed by atoms with Gasteiger partial charge in [0.1, 0.15) is 5.84 Å². The molecule has 1 rings (SSSR count). The molecule has 1 aliphatic rings. The number of aliphatic imine (C=N–C) groups is 1. The molecule has 0 radical (unpaired) electrons. The fourth-order valence-corrected chi connectivity index (χ4v) is 1.47. The van der Waals surface area contributed by atoms with Gasteiger partial charge >= 0.3 is 0 Å². The summed E-state index contributed by atoms with van der Waals surface area (Å²) < 4.78 is 5.25. The monoisotopic (exact) mass is 255 g/mol. The first-order valence-electron chi connectivity index (χ1n) is 4.98. The zero-order valence-corrected chi connectivity index (χ0v) is 10.4. The van der Waals surface area contributed by atoms with Gasteiger partial charge in [-0.15, -0.1) is 24.0 Å². The first-order chi connectivity index (χ1) is 6.83. The molecule has 0 saturated carbocycles. The number of amidine groups is 1. The lowest BCUT2D eigenvalue weighted by Gasteiger charge is -2.26. The van der Waals surface area contributed by atoms with E-state index < -0.39 is 0 Å². The molecule has 90 valence electrons. The number of ether oxygens (including phenoxy) is 1. The molecule has 0 aromatic heterocycles. The van der Waals surface area contributed by atoms with E-state index in [4.69, 9.17) is 22.1 Å². The standard InChI is InChI=1S/C9H18ClN3O.ClH/c10-8-9(11)12-2-1-3-13-4-6-14-7-5-13;/h1-8H2,(H2,11,12);1H. The van der Waals surface area contributed by atoms with Crippen molar-refractivity contribution < 1.29 is 4.74 Å². The van der Waals surface area contributed by atoms with E-state index in [2.05, 4.69) is 9.89 Å². The molecule has 0 aromatic rings. The Morgan fingerprint density at radius 1 is 1.40 bits per heavy atom. The van der Waals surface area contributed by atoms with Crippen LogP contribution in [0.25, 0.3) is 0 Å². The fraction of sp³-hybridized carbons (Fsp3) is 0.889. The molecule has 0 atom stereocenters. The highest BCUT2D eigenvalue weighted by atomic mass is 35.5. The van der Waals surface area contributed by atoms with Crippen LogP contribution < -0.4 is 5.73 Å². The van der Waals surface area contributed by atoms with Gasteiger partial charge in [-0.05, 0) is 6.42 Å². The van der Waals surface area contributed by atoms with Gasteiger partial charge in [0.25, 0.3) is 0 Å². The van der Waals surface area contributed by atoms with Gasteiger partial charge < -0.3 is 10.5 Å². The molecule has 0 unspecified atom stereocenters. The molecular formula is C9H19Cl2N3O. The van der Waals surface area contributed by atoms with Crippen molar-refractivity contribution in [3.05, 3.63) is 0 Å². The second kappa shape index (κ2) is 9.21. The lowest BCUT2D eigenvalue weighted by molar-refractivity contribution is 0.0377. The van der Waals surface area contributed by atoms with Crippen molar-refractivity contribution in [3.8, 4) is 0 Å². The minimum absolute atomic E-state index is 0. The summed E-state index contributed by atoms with van der Waals surface area (Å²) in [6, 6.07) is 0. The van der Waals surface area contributed by atoms with Crippen LogP contribution in [0.15, 0.2) is 4.99 Å². The highest BCUT2D eigenvalue weighted by Gasteiger charge is 2.08. The molecule has 0 amide bonds. The summed E-state index contributed by atoms with van der Waals surface area (Å²) in [5.41, 5.74) is 5.48. The highest BCUT2D eigenvalue weighted by molar-refractivity contribution is 6.27. The smallest absolute Gasteiger partial charge is 0.109 e. The van der Waals surface area contributed by atoms with E-state index in [1.807, 2.05) is 0 Å². The van der Waals surface area contributed by atoms with Crippen LogP contribution in [-0.4, -0.2) is 56.0 Å². The molecule has 2 N–H and O–H groups in total. The largest absolute Gasteiger partial charge is 0.386 e. The third kappa shape index (κ3) is 6.95. The number of alkyl halides is 1. The van der Waals surface area contributed by atoms with Gasteiger partial charge in [0.15, 0.2) is 0 Å². The maximum Gasteiger partial charge on any atom is 0.109 e. The topological polar surface area (TPSA) is 50.8 Å². The summed E-state index contributed by atoms with van der Waals surface area (Å²) in [5.74, 6) is 0.867. The Bertz CT molecular complexity index is 184. The van der Waals surface area contributed by atoms with Crippen LogP contribution in [-0.2, 0) is 4.74 Å². The van der Waals surface area contributed by atoms with E-state index in [-0.39, 0.29) is 12.4 Å². The van der Waals surface area contributed by atoms with E-state index in [1.165, 1.54) is 0 Å². The molecule has 15 heavy (non-hydrogen) atoms. The maximum atomic E-state index is 5.50. The van der Waals surface area contributed by atoms with Gasteiger partial charge in [-0.25, -0.2) is 0 Å². The SMILES string of the molecule is Cl.NC(CCl)=NCCCN1CCOCC1. The van der Waals surface area contributed by atoms with Gasteiger partial charge in [0.2, 0.25) is 0 Å². The van der Waals surface area contributed by atoms with E-state index in [0.29, 0.717) is 11.7 Å². The third-order valence-electron chi connectivity index (χ3n) is 2.19.